The van der Waals surface area contributed by atoms with Crippen molar-refractivity contribution in [1.82, 2.24) is 0 Å². The number of carbonyl (C=O) groups is 1. The molecule has 0 N–H and O–H groups in total. The van der Waals surface area contributed by atoms with Crippen molar-refractivity contribution in [3.63, 3.8) is 0 Å². The second-order valence-electron chi connectivity index (χ2n) is 11.4. The number of ether oxygens (including phenoxy) is 1. The highest BCUT2D eigenvalue weighted by atomic mass is 16.5. The van der Waals surface area contributed by atoms with Crippen LogP contribution in [0.25, 0.3) is 0 Å². The Morgan fingerprint density at radius 3 is 2.71 bits per heavy atom. The fourth-order valence-corrected chi connectivity index (χ4v) is 8.47. The van der Waals surface area contributed by atoms with Gasteiger partial charge in [0.1, 0.15) is 0 Å². The van der Waals surface area contributed by atoms with E-state index in [9.17, 15) is 4.79 Å². The van der Waals surface area contributed by atoms with Crippen molar-refractivity contribution in [3.8, 4) is 0 Å². The Balaban J connectivity index is 1.51. The van der Waals surface area contributed by atoms with Crippen LogP contribution in [0.5, 0.6) is 0 Å². The summed E-state index contributed by atoms with van der Waals surface area (Å²) in [5.74, 6) is 4.97. The predicted octanol–water partition coefficient (Wildman–Crippen LogP) is 6.79. The Kier molecular flexibility index (Phi) is 5.47. The Labute approximate surface area is 172 Å². The fraction of sp³-hybridized carbons (Fsp3) is 0.885. The molecule has 0 saturated heterocycles. The molecule has 0 spiro atoms. The van der Waals surface area contributed by atoms with Gasteiger partial charge in [0.15, 0.2) is 0 Å². The first-order chi connectivity index (χ1) is 13.3. The van der Waals surface area contributed by atoms with Crippen LogP contribution in [0.2, 0.25) is 0 Å². The number of fused-ring (bicyclic) bond motifs is 5. The lowest BCUT2D eigenvalue weighted by Crippen LogP contribution is -2.50. The molecule has 0 aliphatic heterocycles. The first-order valence-corrected chi connectivity index (χ1v) is 12.1. The molecule has 0 aromatic heterocycles. The molecule has 2 heteroatoms. The lowest BCUT2D eigenvalue weighted by atomic mass is 9.46. The first-order valence-electron chi connectivity index (χ1n) is 12.1. The maximum absolute atomic E-state index is 11.6. The van der Waals surface area contributed by atoms with Crippen molar-refractivity contribution >= 4 is 5.97 Å². The van der Waals surface area contributed by atoms with Gasteiger partial charge in [-0.1, -0.05) is 39.3 Å². The van der Waals surface area contributed by atoms with Crippen LogP contribution in [0.3, 0.4) is 0 Å². The van der Waals surface area contributed by atoms with E-state index in [0.717, 1.165) is 36.0 Å². The van der Waals surface area contributed by atoms with Gasteiger partial charge in [0, 0.05) is 6.42 Å². The Hall–Kier alpha value is -0.790. The van der Waals surface area contributed by atoms with E-state index in [2.05, 4.69) is 33.8 Å². The molecular formula is C26H42O2. The second kappa shape index (κ2) is 7.47. The summed E-state index contributed by atoms with van der Waals surface area (Å²) in [6, 6.07) is 0. The van der Waals surface area contributed by atoms with Crippen LogP contribution in [0.1, 0.15) is 91.9 Å². The van der Waals surface area contributed by atoms with Gasteiger partial charge in [0.2, 0.25) is 0 Å². The third-order valence-corrected chi connectivity index (χ3v) is 10.1. The summed E-state index contributed by atoms with van der Waals surface area (Å²) < 4.78 is 4.89. The zero-order valence-electron chi connectivity index (χ0n) is 18.9. The summed E-state index contributed by atoms with van der Waals surface area (Å²) in [4.78, 5) is 11.6. The first kappa shape index (κ1) is 20.5. The lowest BCUT2D eigenvalue weighted by molar-refractivity contribution is -0.141. The topological polar surface area (TPSA) is 26.3 Å². The standard InChI is InChI=1S/C26H42O2/c1-17-12-14-25(3)19(16-17)7-8-20-22-10-9-21(18(2)6-11-24(27)28-5)26(22,4)15-13-23(20)25/h7,17-18,20-23H,6,8-16H2,1-5H3/t17-,18+,20?,21?,22?,23?,25-,26+/m0/s1. The van der Waals surface area contributed by atoms with Crippen LogP contribution in [-0.2, 0) is 9.53 Å². The smallest absolute Gasteiger partial charge is 0.305 e. The molecule has 4 aliphatic rings. The fourth-order valence-electron chi connectivity index (χ4n) is 8.47. The SMILES string of the molecule is COC(=O)CC[C@@H](C)C1CCC2C3CC=C4C[C@@H](C)CC[C@]4(C)C3CC[C@@]21C. The number of hydrogen-bond donors (Lipinski definition) is 0. The minimum absolute atomic E-state index is 0.0420. The number of rotatable bonds is 4. The maximum atomic E-state index is 11.6. The molecule has 0 aromatic rings. The van der Waals surface area contributed by atoms with Crippen LogP contribution in [0, 0.1) is 46.3 Å². The largest absolute Gasteiger partial charge is 0.469 e. The Morgan fingerprint density at radius 1 is 1.18 bits per heavy atom. The summed E-state index contributed by atoms with van der Waals surface area (Å²) in [5.41, 5.74) is 2.79. The van der Waals surface area contributed by atoms with E-state index in [1.165, 1.54) is 58.5 Å². The van der Waals surface area contributed by atoms with Crippen molar-refractivity contribution < 1.29 is 9.53 Å². The summed E-state index contributed by atoms with van der Waals surface area (Å²) >= 11 is 0. The van der Waals surface area contributed by atoms with Gasteiger partial charge in [-0.2, -0.15) is 0 Å². The monoisotopic (exact) mass is 386 g/mol. The third-order valence-electron chi connectivity index (χ3n) is 10.1. The minimum atomic E-state index is -0.0420. The summed E-state index contributed by atoms with van der Waals surface area (Å²) in [6.45, 7) is 10.1. The lowest BCUT2D eigenvalue weighted by Gasteiger charge is -2.58. The molecule has 8 atom stereocenters. The van der Waals surface area contributed by atoms with Gasteiger partial charge in [-0.3, -0.25) is 4.79 Å². The molecule has 3 fully saturated rings. The zero-order chi connectivity index (χ0) is 20.1. The molecule has 4 aliphatic carbocycles. The number of methoxy groups -OCH3 is 1. The van der Waals surface area contributed by atoms with E-state index in [0.29, 0.717) is 23.2 Å². The van der Waals surface area contributed by atoms with Crippen LogP contribution >= 0.6 is 0 Å². The number of hydrogen-bond acceptors (Lipinski definition) is 2. The van der Waals surface area contributed by atoms with Crippen LogP contribution < -0.4 is 0 Å². The third kappa shape index (κ3) is 3.18. The Bertz CT molecular complexity index is 636. The summed E-state index contributed by atoms with van der Waals surface area (Å²) in [5, 5.41) is 0. The highest BCUT2D eigenvalue weighted by molar-refractivity contribution is 5.69. The van der Waals surface area contributed by atoms with Gasteiger partial charge in [0.25, 0.3) is 0 Å². The molecule has 28 heavy (non-hydrogen) atoms. The summed E-state index contributed by atoms with van der Waals surface area (Å²) in [6.07, 6.45) is 15.4. The molecule has 0 amide bonds. The molecule has 3 saturated carbocycles. The molecule has 0 aromatic carbocycles. The maximum Gasteiger partial charge on any atom is 0.305 e. The van der Waals surface area contributed by atoms with E-state index in [1.54, 1.807) is 0 Å². The number of esters is 1. The number of allylic oxidation sites excluding steroid dienone is 2. The van der Waals surface area contributed by atoms with Crippen LogP contribution in [-0.4, -0.2) is 13.1 Å². The van der Waals surface area contributed by atoms with Crippen LogP contribution in [0.4, 0.5) is 0 Å². The molecule has 4 unspecified atom stereocenters. The van der Waals surface area contributed by atoms with Gasteiger partial charge in [0.05, 0.1) is 7.11 Å². The molecule has 4 rings (SSSR count). The molecule has 158 valence electrons. The summed E-state index contributed by atoms with van der Waals surface area (Å²) in [7, 11) is 1.51. The second-order valence-corrected chi connectivity index (χ2v) is 11.4. The van der Waals surface area contributed by atoms with E-state index in [-0.39, 0.29) is 5.97 Å². The van der Waals surface area contributed by atoms with E-state index >= 15 is 0 Å². The van der Waals surface area contributed by atoms with Gasteiger partial charge in [-0.25, -0.2) is 0 Å². The van der Waals surface area contributed by atoms with Gasteiger partial charge in [-0.05, 0) is 104 Å². The van der Waals surface area contributed by atoms with E-state index < -0.39 is 0 Å². The van der Waals surface area contributed by atoms with Crippen molar-refractivity contribution in [2.75, 3.05) is 7.11 Å². The molecule has 2 nitrogen and oxygen atoms in total. The highest BCUT2D eigenvalue weighted by Crippen LogP contribution is 2.67. The van der Waals surface area contributed by atoms with Crippen molar-refractivity contribution in [3.05, 3.63) is 11.6 Å². The molecule has 0 bridgehead atoms. The van der Waals surface area contributed by atoms with Crippen LogP contribution in [0.15, 0.2) is 11.6 Å². The quantitative estimate of drug-likeness (QED) is 0.393. The van der Waals surface area contributed by atoms with Crippen molar-refractivity contribution in [2.24, 2.45) is 46.3 Å². The van der Waals surface area contributed by atoms with Gasteiger partial charge < -0.3 is 4.74 Å². The average Bonchev–Trinajstić information content (AvgIpc) is 3.03. The van der Waals surface area contributed by atoms with Crippen molar-refractivity contribution in [2.45, 2.75) is 91.9 Å². The predicted molar refractivity (Wildman–Crippen MR) is 115 cm³/mol. The number of carbonyl (C=O) groups excluding carboxylic acids is 1. The molecule has 0 radical (unpaired) electrons. The molecule has 0 heterocycles. The van der Waals surface area contributed by atoms with Crippen molar-refractivity contribution in [1.29, 1.82) is 0 Å². The average molecular weight is 387 g/mol. The highest BCUT2D eigenvalue weighted by Gasteiger charge is 2.58. The minimum Gasteiger partial charge on any atom is -0.469 e. The zero-order valence-corrected chi connectivity index (χ0v) is 18.9. The van der Waals surface area contributed by atoms with Gasteiger partial charge >= 0.3 is 5.97 Å². The Morgan fingerprint density at radius 2 is 1.96 bits per heavy atom. The normalized spacial score (nSPS) is 46.0. The molecular weight excluding hydrogens is 344 g/mol. The van der Waals surface area contributed by atoms with E-state index in [1.807, 2.05) is 5.57 Å². The van der Waals surface area contributed by atoms with Gasteiger partial charge in [-0.15, -0.1) is 0 Å². The van der Waals surface area contributed by atoms with E-state index in [4.69, 9.17) is 4.74 Å².